The summed E-state index contributed by atoms with van der Waals surface area (Å²) in [5.74, 6) is 0.917. The Morgan fingerprint density at radius 3 is 2.67 bits per heavy atom. The first-order valence-corrected chi connectivity index (χ1v) is 5.96. The molecular formula is C12H21N3O3. The molecule has 18 heavy (non-hydrogen) atoms. The van der Waals surface area contributed by atoms with Crippen molar-refractivity contribution in [2.75, 3.05) is 34.5 Å². The Hall–Kier alpha value is -1.40. The maximum Gasteiger partial charge on any atom is 0.240 e. The molecule has 0 bridgehead atoms. The second kappa shape index (κ2) is 7.84. The molecule has 0 radical (unpaired) electrons. The highest BCUT2D eigenvalue weighted by Crippen LogP contribution is 2.24. The number of ether oxygens (including phenoxy) is 3. The van der Waals surface area contributed by atoms with Crippen molar-refractivity contribution in [3.05, 3.63) is 11.9 Å². The first-order chi connectivity index (χ1) is 8.76. The van der Waals surface area contributed by atoms with Crippen LogP contribution in [0.5, 0.6) is 11.8 Å². The van der Waals surface area contributed by atoms with Gasteiger partial charge in [-0.05, 0) is 20.4 Å². The Kier molecular flexibility index (Phi) is 6.38. The molecule has 0 fully saturated rings. The number of hydrogen-bond acceptors (Lipinski definition) is 6. The molecule has 0 saturated carbocycles. The number of nitrogens with zero attached hydrogens (tertiary/aromatic N) is 2. The highest BCUT2D eigenvalue weighted by atomic mass is 16.5. The highest BCUT2D eigenvalue weighted by Gasteiger charge is 2.18. The van der Waals surface area contributed by atoms with Crippen LogP contribution in [0.4, 0.5) is 0 Å². The van der Waals surface area contributed by atoms with Gasteiger partial charge in [-0.15, -0.1) is 0 Å². The Balaban J connectivity index is 2.83. The number of rotatable bonds is 8. The minimum atomic E-state index is 0.0462. The normalized spacial score (nSPS) is 12.2. The van der Waals surface area contributed by atoms with Crippen LogP contribution in [0.2, 0.25) is 0 Å². The number of methoxy groups -OCH3 is 2. The summed E-state index contributed by atoms with van der Waals surface area (Å²) in [6, 6.07) is 0.0462. The van der Waals surface area contributed by atoms with E-state index in [9.17, 15) is 0 Å². The molecule has 1 N–H and O–H groups in total. The zero-order chi connectivity index (χ0) is 13.4. The summed E-state index contributed by atoms with van der Waals surface area (Å²) < 4.78 is 15.6. The second-order valence-corrected chi connectivity index (χ2v) is 3.63. The monoisotopic (exact) mass is 255 g/mol. The van der Waals surface area contributed by atoms with Gasteiger partial charge in [0, 0.05) is 13.2 Å². The average Bonchev–Trinajstić information content (AvgIpc) is 2.43. The quantitative estimate of drug-likeness (QED) is 0.704. The molecule has 1 unspecified atom stereocenters. The molecule has 0 aliphatic heterocycles. The third kappa shape index (κ3) is 3.82. The molecule has 102 valence electrons. The van der Waals surface area contributed by atoms with Gasteiger partial charge in [-0.1, -0.05) is 0 Å². The molecule has 1 atom stereocenters. The summed E-state index contributed by atoms with van der Waals surface area (Å²) >= 11 is 0. The van der Waals surface area contributed by atoms with E-state index < -0.39 is 0 Å². The van der Waals surface area contributed by atoms with Gasteiger partial charge in [-0.25, -0.2) is 4.98 Å². The number of hydrogen-bond donors (Lipinski definition) is 1. The lowest BCUT2D eigenvalue weighted by molar-refractivity contribution is 0.136. The lowest BCUT2D eigenvalue weighted by Crippen LogP contribution is -2.21. The SMILES string of the molecule is CCOCCC(NC)c1ncc(OC)nc1OC. The molecule has 0 saturated heterocycles. The fraction of sp³-hybridized carbons (Fsp3) is 0.667. The summed E-state index contributed by atoms with van der Waals surface area (Å²) in [5, 5.41) is 3.19. The Morgan fingerprint density at radius 2 is 2.11 bits per heavy atom. The lowest BCUT2D eigenvalue weighted by atomic mass is 10.1. The number of nitrogens with one attached hydrogen (secondary N) is 1. The largest absolute Gasteiger partial charge is 0.480 e. The van der Waals surface area contributed by atoms with Crippen LogP contribution in [-0.2, 0) is 4.74 Å². The van der Waals surface area contributed by atoms with Crippen LogP contribution in [0.3, 0.4) is 0 Å². The predicted octanol–water partition coefficient (Wildman–Crippen LogP) is 1.18. The Morgan fingerprint density at radius 1 is 1.33 bits per heavy atom. The second-order valence-electron chi connectivity index (χ2n) is 3.63. The Bertz CT molecular complexity index is 360. The molecule has 0 spiro atoms. The lowest BCUT2D eigenvalue weighted by Gasteiger charge is -2.17. The van der Waals surface area contributed by atoms with Crippen molar-refractivity contribution in [2.45, 2.75) is 19.4 Å². The van der Waals surface area contributed by atoms with Gasteiger partial charge in [0.05, 0.1) is 26.5 Å². The molecule has 0 aromatic carbocycles. The highest BCUT2D eigenvalue weighted by molar-refractivity contribution is 5.25. The molecule has 0 amide bonds. The third-order valence-corrected chi connectivity index (χ3v) is 2.58. The van der Waals surface area contributed by atoms with Crippen molar-refractivity contribution in [2.24, 2.45) is 0 Å². The van der Waals surface area contributed by atoms with Crippen molar-refractivity contribution in [3.8, 4) is 11.8 Å². The standard InChI is InChI=1S/C12H21N3O3/c1-5-18-7-6-9(13-2)11-12(17-4)15-10(16-3)8-14-11/h8-9,13H,5-7H2,1-4H3. The first-order valence-electron chi connectivity index (χ1n) is 5.96. The van der Waals surface area contributed by atoms with Crippen molar-refractivity contribution in [1.82, 2.24) is 15.3 Å². The molecule has 6 nitrogen and oxygen atoms in total. The van der Waals surface area contributed by atoms with Crippen molar-refractivity contribution in [3.63, 3.8) is 0 Å². The van der Waals surface area contributed by atoms with Crippen LogP contribution in [0, 0.1) is 0 Å². The van der Waals surface area contributed by atoms with Gasteiger partial charge in [0.2, 0.25) is 11.8 Å². The van der Waals surface area contributed by atoms with E-state index in [1.165, 1.54) is 0 Å². The van der Waals surface area contributed by atoms with Crippen molar-refractivity contribution in [1.29, 1.82) is 0 Å². The van der Waals surface area contributed by atoms with Crippen molar-refractivity contribution >= 4 is 0 Å². The predicted molar refractivity (Wildman–Crippen MR) is 68.0 cm³/mol. The van der Waals surface area contributed by atoms with Gasteiger partial charge in [0.25, 0.3) is 0 Å². The van der Waals surface area contributed by atoms with E-state index in [0.29, 0.717) is 25.0 Å². The van der Waals surface area contributed by atoms with Crippen LogP contribution in [0.15, 0.2) is 6.20 Å². The van der Waals surface area contributed by atoms with E-state index in [1.54, 1.807) is 20.4 Å². The summed E-state index contributed by atoms with van der Waals surface area (Å²) in [6.45, 7) is 3.35. The van der Waals surface area contributed by atoms with E-state index in [1.807, 2.05) is 14.0 Å². The maximum absolute atomic E-state index is 5.35. The summed E-state index contributed by atoms with van der Waals surface area (Å²) in [5.41, 5.74) is 0.764. The van der Waals surface area contributed by atoms with Crippen LogP contribution in [0.1, 0.15) is 25.1 Å². The van der Waals surface area contributed by atoms with Gasteiger partial charge in [-0.3, -0.25) is 0 Å². The molecule has 1 aromatic rings. The molecule has 6 heteroatoms. The Labute approximate surface area is 108 Å². The fourth-order valence-corrected chi connectivity index (χ4v) is 1.62. The number of aromatic nitrogens is 2. The van der Waals surface area contributed by atoms with E-state index in [0.717, 1.165) is 12.1 Å². The minimum absolute atomic E-state index is 0.0462. The smallest absolute Gasteiger partial charge is 0.240 e. The summed E-state index contributed by atoms with van der Waals surface area (Å²) in [6.07, 6.45) is 2.39. The van der Waals surface area contributed by atoms with E-state index in [4.69, 9.17) is 14.2 Å². The van der Waals surface area contributed by atoms with Crippen LogP contribution >= 0.6 is 0 Å². The van der Waals surface area contributed by atoms with Crippen molar-refractivity contribution < 1.29 is 14.2 Å². The van der Waals surface area contributed by atoms with Crippen LogP contribution in [-0.4, -0.2) is 44.4 Å². The molecular weight excluding hydrogens is 234 g/mol. The topological polar surface area (TPSA) is 65.5 Å². The minimum Gasteiger partial charge on any atom is -0.480 e. The van der Waals surface area contributed by atoms with Gasteiger partial charge in [0.1, 0.15) is 5.69 Å². The van der Waals surface area contributed by atoms with E-state index in [2.05, 4.69) is 15.3 Å². The maximum atomic E-state index is 5.35. The van der Waals surface area contributed by atoms with Gasteiger partial charge in [0.15, 0.2) is 0 Å². The van der Waals surface area contributed by atoms with Gasteiger partial charge in [-0.2, -0.15) is 4.98 Å². The van der Waals surface area contributed by atoms with E-state index in [-0.39, 0.29) is 6.04 Å². The fourth-order valence-electron chi connectivity index (χ4n) is 1.62. The zero-order valence-corrected chi connectivity index (χ0v) is 11.4. The third-order valence-electron chi connectivity index (χ3n) is 2.58. The van der Waals surface area contributed by atoms with Crippen LogP contribution in [0.25, 0.3) is 0 Å². The van der Waals surface area contributed by atoms with Gasteiger partial charge < -0.3 is 19.5 Å². The first kappa shape index (κ1) is 14.7. The molecule has 0 aliphatic carbocycles. The molecule has 0 aliphatic rings. The van der Waals surface area contributed by atoms with E-state index >= 15 is 0 Å². The van der Waals surface area contributed by atoms with Crippen LogP contribution < -0.4 is 14.8 Å². The van der Waals surface area contributed by atoms with Gasteiger partial charge >= 0.3 is 0 Å². The summed E-state index contributed by atoms with van der Waals surface area (Å²) in [7, 11) is 5.00. The molecule has 1 aromatic heterocycles. The molecule has 1 rings (SSSR count). The summed E-state index contributed by atoms with van der Waals surface area (Å²) in [4.78, 5) is 8.56. The zero-order valence-electron chi connectivity index (χ0n) is 11.4. The molecule has 1 heterocycles. The average molecular weight is 255 g/mol.